The van der Waals surface area contributed by atoms with Gasteiger partial charge in [-0.2, -0.15) is 0 Å². The monoisotopic (exact) mass is 381 g/mol. The number of H-pyrrole nitrogens is 1. The number of ether oxygens (including phenoxy) is 1. The lowest BCUT2D eigenvalue weighted by Crippen LogP contribution is -2.38. The highest BCUT2D eigenvalue weighted by atomic mass is 16.5. The summed E-state index contributed by atoms with van der Waals surface area (Å²) >= 11 is 0. The number of phenolic OH excluding ortho intramolecular Hbond substituents is 2. The Balaban J connectivity index is 1.48. The smallest absolute Gasteiger partial charge is 0.251 e. The van der Waals surface area contributed by atoms with Crippen LogP contribution in [-0.2, 0) is 0 Å². The van der Waals surface area contributed by atoms with E-state index < -0.39 is 0 Å². The lowest BCUT2D eigenvalue weighted by molar-refractivity contribution is 0.0924. The van der Waals surface area contributed by atoms with Gasteiger partial charge in [0.1, 0.15) is 5.82 Å². The average Bonchev–Trinajstić information content (AvgIpc) is 3.14. The largest absolute Gasteiger partial charge is 0.504 e. The van der Waals surface area contributed by atoms with Crippen molar-refractivity contribution in [1.29, 1.82) is 0 Å². The molecule has 146 valence electrons. The number of aromatic hydroxyl groups is 2. The molecule has 2 aromatic carbocycles. The molecule has 0 aliphatic heterocycles. The Labute approximate surface area is 162 Å². The summed E-state index contributed by atoms with van der Waals surface area (Å²) in [6.45, 7) is 0. The molecule has 0 spiro atoms. The van der Waals surface area contributed by atoms with E-state index in [1.165, 1.54) is 19.2 Å². The van der Waals surface area contributed by atoms with Gasteiger partial charge in [-0.05, 0) is 43.5 Å². The molecule has 1 amide bonds. The average molecular weight is 381 g/mol. The summed E-state index contributed by atoms with van der Waals surface area (Å²) in [6, 6.07) is 10.6. The fraction of sp³-hybridized carbons (Fsp3) is 0.333. The standard InChI is InChI=1S/C21H23N3O4/c1-28-18-11-13(10-17(25)19(18)26)21(27)22-14-6-4-5-12(9-14)20-23-15-7-2-3-8-16(15)24-20/h2-3,7-8,10-12,14,25-26H,4-6,9H2,1H3,(H,22,27)(H,23,24)/t12?,14-/m1/s1. The molecule has 1 aliphatic carbocycles. The molecule has 7 nitrogen and oxygen atoms in total. The third-order valence-electron chi connectivity index (χ3n) is 5.34. The Morgan fingerprint density at radius 2 is 2.07 bits per heavy atom. The first-order chi connectivity index (χ1) is 13.5. The van der Waals surface area contributed by atoms with E-state index >= 15 is 0 Å². The summed E-state index contributed by atoms with van der Waals surface area (Å²) in [7, 11) is 1.37. The van der Waals surface area contributed by atoms with Crippen LogP contribution in [-0.4, -0.2) is 39.2 Å². The molecule has 0 bridgehead atoms. The molecule has 1 aromatic heterocycles. The van der Waals surface area contributed by atoms with Crippen molar-refractivity contribution in [3.8, 4) is 17.2 Å². The van der Waals surface area contributed by atoms with Crippen LogP contribution in [0.1, 0.15) is 47.8 Å². The number of carbonyl (C=O) groups excluding carboxylic acids is 1. The number of benzene rings is 2. The minimum atomic E-state index is -0.381. The molecule has 4 N–H and O–H groups in total. The highest BCUT2D eigenvalue weighted by Crippen LogP contribution is 2.37. The molecule has 1 heterocycles. The molecule has 0 radical (unpaired) electrons. The topological polar surface area (TPSA) is 107 Å². The number of hydrogen-bond donors (Lipinski definition) is 4. The van der Waals surface area contributed by atoms with Gasteiger partial charge in [-0.3, -0.25) is 4.79 Å². The first-order valence-electron chi connectivity index (χ1n) is 9.40. The molecular weight excluding hydrogens is 358 g/mol. The SMILES string of the molecule is COc1cc(C(=O)N[C@@H]2CCCC(c3nc4ccccc4[nH]3)C2)cc(O)c1O. The van der Waals surface area contributed by atoms with E-state index in [-0.39, 0.29) is 40.7 Å². The number of amides is 1. The van der Waals surface area contributed by atoms with Crippen molar-refractivity contribution < 1.29 is 19.7 Å². The van der Waals surface area contributed by atoms with E-state index in [1.54, 1.807) is 0 Å². The third kappa shape index (κ3) is 3.47. The molecule has 1 fully saturated rings. The van der Waals surface area contributed by atoms with E-state index in [9.17, 15) is 15.0 Å². The van der Waals surface area contributed by atoms with Gasteiger partial charge in [0.05, 0.1) is 18.1 Å². The zero-order valence-corrected chi connectivity index (χ0v) is 15.6. The van der Waals surface area contributed by atoms with E-state index in [2.05, 4.69) is 10.3 Å². The van der Waals surface area contributed by atoms with Crippen molar-refractivity contribution in [2.24, 2.45) is 0 Å². The van der Waals surface area contributed by atoms with Gasteiger partial charge in [-0.25, -0.2) is 4.98 Å². The van der Waals surface area contributed by atoms with Gasteiger partial charge in [0.2, 0.25) is 5.75 Å². The molecule has 1 unspecified atom stereocenters. The number of rotatable bonds is 4. The van der Waals surface area contributed by atoms with Crippen molar-refractivity contribution in [2.75, 3.05) is 7.11 Å². The summed E-state index contributed by atoms with van der Waals surface area (Å²) in [5, 5.41) is 22.6. The molecule has 1 saturated carbocycles. The second-order valence-electron chi connectivity index (χ2n) is 7.22. The number of aromatic amines is 1. The molecule has 4 rings (SSSR count). The van der Waals surface area contributed by atoms with E-state index in [1.807, 2.05) is 24.3 Å². The number of imidazole rings is 1. The van der Waals surface area contributed by atoms with E-state index in [0.717, 1.165) is 42.5 Å². The maximum Gasteiger partial charge on any atom is 0.251 e. The number of hydrogen-bond acceptors (Lipinski definition) is 5. The lowest BCUT2D eigenvalue weighted by Gasteiger charge is -2.28. The first kappa shape index (κ1) is 18.2. The van der Waals surface area contributed by atoms with Crippen LogP contribution in [0.2, 0.25) is 0 Å². The van der Waals surface area contributed by atoms with E-state index in [4.69, 9.17) is 9.72 Å². The fourth-order valence-electron chi connectivity index (χ4n) is 3.88. The number of fused-ring (bicyclic) bond motifs is 1. The number of carbonyl (C=O) groups is 1. The normalized spacial score (nSPS) is 19.5. The van der Waals surface area contributed by atoms with Crippen molar-refractivity contribution in [2.45, 2.75) is 37.6 Å². The highest BCUT2D eigenvalue weighted by Gasteiger charge is 2.27. The Kier molecular flexibility index (Phi) is 4.81. The maximum absolute atomic E-state index is 12.6. The number of nitrogens with zero attached hydrogens (tertiary/aromatic N) is 1. The molecule has 3 aromatic rings. The van der Waals surface area contributed by atoms with Gasteiger partial charge in [0.25, 0.3) is 5.91 Å². The fourth-order valence-corrected chi connectivity index (χ4v) is 3.88. The zero-order chi connectivity index (χ0) is 19.7. The predicted octanol–water partition coefficient (Wildman–Crippen LogP) is 3.44. The van der Waals surface area contributed by atoms with Gasteiger partial charge in [0, 0.05) is 17.5 Å². The minimum absolute atomic E-state index is 0.0152. The third-order valence-corrected chi connectivity index (χ3v) is 5.34. The summed E-state index contributed by atoms with van der Waals surface area (Å²) in [4.78, 5) is 20.8. The summed E-state index contributed by atoms with van der Waals surface area (Å²) in [5.41, 5.74) is 2.23. The first-order valence-corrected chi connectivity index (χ1v) is 9.40. The van der Waals surface area contributed by atoms with Crippen LogP contribution in [0.25, 0.3) is 11.0 Å². The second-order valence-corrected chi connectivity index (χ2v) is 7.22. The molecular formula is C21H23N3O4. The van der Waals surface area contributed by atoms with Crippen LogP contribution < -0.4 is 10.1 Å². The summed E-state index contributed by atoms with van der Waals surface area (Å²) in [5.74, 6) is 0.228. The Hall–Kier alpha value is -3.22. The van der Waals surface area contributed by atoms with Gasteiger partial charge in [0.15, 0.2) is 11.5 Å². The summed E-state index contributed by atoms with van der Waals surface area (Å²) < 4.78 is 5.01. The van der Waals surface area contributed by atoms with Crippen LogP contribution in [0, 0.1) is 0 Å². The van der Waals surface area contributed by atoms with Gasteiger partial charge >= 0.3 is 0 Å². The number of para-hydroxylation sites is 2. The highest BCUT2D eigenvalue weighted by molar-refractivity contribution is 5.95. The van der Waals surface area contributed by atoms with Gasteiger partial charge in [-0.1, -0.05) is 18.6 Å². The number of phenols is 2. The molecule has 0 saturated heterocycles. The second kappa shape index (κ2) is 7.42. The number of aromatic nitrogens is 2. The molecule has 2 atom stereocenters. The van der Waals surface area contributed by atoms with Crippen LogP contribution in [0.4, 0.5) is 0 Å². The van der Waals surface area contributed by atoms with E-state index in [0.29, 0.717) is 0 Å². The predicted molar refractivity (Wildman–Crippen MR) is 105 cm³/mol. The van der Waals surface area contributed by atoms with Crippen molar-refractivity contribution in [3.63, 3.8) is 0 Å². The van der Waals surface area contributed by atoms with Crippen LogP contribution in [0.5, 0.6) is 17.2 Å². The molecule has 28 heavy (non-hydrogen) atoms. The van der Waals surface area contributed by atoms with Crippen molar-refractivity contribution in [1.82, 2.24) is 15.3 Å². The maximum atomic E-state index is 12.6. The van der Waals surface area contributed by atoms with Crippen molar-refractivity contribution in [3.05, 3.63) is 47.8 Å². The zero-order valence-electron chi connectivity index (χ0n) is 15.6. The Bertz CT molecular complexity index is 981. The van der Waals surface area contributed by atoms with Crippen LogP contribution in [0.3, 0.4) is 0 Å². The van der Waals surface area contributed by atoms with Crippen LogP contribution >= 0.6 is 0 Å². The van der Waals surface area contributed by atoms with Crippen molar-refractivity contribution >= 4 is 16.9 Å². The lowest BCUT2D eigenvalue weighted by atomic mass is 9.85. The van der Waals surface area contributed by atoms with Gasteiger partial charge < -0.3 is 25.3 Å². The number of methoxy groups -OCH3 is 1. The Morgan fingerprint density at radius 3 is 2.86 bits per heavy atom. The molecule has 7 heteroatoms. The van der Waals surface area contributed by atoms with Gasteiger partial charge in [-0.15, -0.1) is 0 Å². The Morgan fingerprint density at radius 1 is 1.25 bits per heavy atom. The molecule has 1 aliphatic rings. The quantitative estimate of drug-likeness (QED) is 0.518. The summed E-state index contributed by atoms with van der Waals surface area (Å²) in [6.07, 6.45) is 3.72. The van der Waals surface area contributed by atoms with Crippen LogP contribution in [0.15, 0.2) is 36.4 Å². The minimum Gasteiger partial charge on any atom is -0.504 e. The number of nitrogens with one attached hydrogen (secondary N) is 2.